The van der Waals surface area contributed by atoms with Gasteiger partial charge in [0.15, 0.2) is 0 Å². The first-order valence-corrected chi connectivity index (χ1v) is 3.73. The highest BCUT2D eigenvalue weighted by atomic mass is 32.2. The number of thiocyanates is 1. The molecule has 0 saturated carbocycles. The molecule has 58 valence electrons. The van der Waals surface area contributed by atoms with Crippen LogP contribution in [0.15, 0.2) is 0 Å². The summed E-state index contributed by atoms with van der Waals surface area (Å²) in [7, 11) is 0. The lowest BCUT2D eigenvalue weighted by atomic mass is 10.6. The van der Waals surface area contributed by atoms with E-state index in [1.807, 2.05) is 0 Å². The van der Waals surface area contributed by atoms with E-state index in [-0.39, 0.29) is 0 Å². The number of thioether (sulfide) groups is 1. The van der Waals surface area contributed by atoms with E-state index in [1.165, 1.54) is 6.92 Å². The van der Waals surface area contributed by atoms with Crippen molar-refractivity contribution in [2.24, 2.45) is 0 Å². The second-order valence-electron chi connectivity index (χ2n) is 1.54. The second-order valence-corrected chi connectivity index (χ2v) is 2.39. The van der Waals surface area contributed by atoms with Gasteiger partial charge in [-0.25, -0.2) is 0 Å². The molecule has 0 aromatic heterocycles. The van der Waals surface area contributed by atoms with E-state index in [9.17, 15) is 4.79 Å². The summed E-state index contributed by atoms with van der Waals surface area (Å²) in [5, 5.41) is 10.0. The minimum Gasteiger partial charge on any atom is -0.438 e. The number of esters is 1. The molecule has 0 aliphatic rings. The summed E-state index contributed by atoms with van der Waals surface area (Å²) in [5.41, 5.74) is -0.650. The SMILES string of the molecule is CC#CC(OC(C)=O)SC#N. The Morgan fingerprint density at radius 2 is 2.36 bits per heavy atom. The fourth-order valence-electron chi connectivity index (χ4n) is 0.399. The van der Waals surface area contributed by atoms with E-state index in [2.05, 4.69) is 16.6 Å². The molecule has 0 bridgehead atoms. The molecule has 4 heteroatoms. The largest absolute Gasteiger partial charge is 0.438 e. The highest BCUT2D eigenvalue weighted by molar-refractivity contribution is 8.04. The van der Waals surface area contributed by atoms with Crippen LogP contribution in [0.5, 0.6) is 0 Å². The van der Waals surface area contributed by atoms with Gasteiger partial charge in [-0.2, -0.15) is 5.26 Å². The molecule has 3 nitrogen and oxygen atoms in total. The molecule has 1 atom stereocenters. The van der Waals surface area contributed by atoms with E-state index >= 15 is 0 Å². The van der Waals surface area contributed by atoms with Crippen molar-refractivity contribution in [1.29, 1.82) is 5.26 Å². The maximum absolute atomic E-state index is 10.4. The Bertz CT molecular complexity index is 233. The van der Waals surface area contributed by atoms with Gasteiger partial charge in [0, 0.05) is 18.7 Å². The molecule has 1 unspecified atom stereocenters. The Balaban J connectivity index is 3.98. The average Bonchev–Trinajstić information content (AvgIpc) is 1.87. The monoisotopic (exact) mass is 169 g/mol. The summed E-state index contributed by atoms with van der Waals surface area (Å²) >= 11 is 0.818. The topological polar surface area (TPSA) is 50.1 Å². The summed E-state index contributed by atoms with van der Waals surface area (Å²) in [6.07, 6.45) is 0. The van der Waals surface area contributed by atoms with Crippen LogP contribution in [-0.4, -0.2) is 11.4 Å². The van der Waals surface area contributed by atoms with Crippen molar-refractivity contribution in [1.82, 2.24) is 0 Å². The summed E-state index contributed by atoms with van der Waals surface area (Å²) in [4.78, 5) is 10.4. The number of hydrogen-bond donors (Lipinski definition) is 0. The number of nitrogens with zero attached hydrogens (tertiary/aromatic N) is 1. The highest BCUT2D eigenvalue weighted by Gasteiger charge is 2.07. The molecule has 0 rings (SSSR count). The molecule has 0 amide bonds. The standard InChI is InChI=1S/C7H7NO2S/c1-3-4-7(11-5-8)10-6(2)9/h7H,1-2H3. The van der Waals surface area contributed by atoms with Crippen LogP contribution in [0.1, 0.15) is 13.8 Å². The van der Waals surface area contributed by atoms with Gasteiger partial charge in [-0.05, 0) is 12.8 Å². The molecule has 11 heavy (non-hydrogen) atoms. The summed E-state index contributed by atoms with van der Waals surface area (Å²) in [5.74, 6) is 4.69. The Hall–Kier alpha value is -1.13. The van der Waals surface area contributed by atoms with Crippen LogP contribution < -0.4 is 0 Å². The minimum atomic E-state index is -0.650. The first kappa shape index (κ1) is 9.87. The van der Waals surface area contributed by atoms with Gasteiger partial charge >= 0.3 is 5.97 Å². The Kier molecular flexibility index (Phi) is 5.06. The fourth-order valence-corrected chi connectivity index (χ4v) is 0.856. The van der Waals surface area contributed by atoms with Crippen LogP contribution in [0, 0.1) is 22.5 Å². The van der Waals surface area contributed by atoms with Gasteiger partial charge in [0.2, 0.25) is 5.44 Å². The summed E-state index contributed by atoms with van der Waals surface area (Å²) in [6, 6.07) is 0. The maximum atomic E-state index is 10.4. The van der Waals surface area contributed by atoms with Crippen molar-refractivity contribution >= 4 is 17.7 Å². The predicted octanol–water partition coefficient (Wildman–Crippen LogP) is 1.11. The molecule has 0 aliphatic heterocycles. The average molecular weight is 169 g/mol. The van der Waals surface area contributed by atoms with Gasteiger partial charge in [-0.15, -0.1) is 5.92 Å². The van der Waals surface area contributed by atoms with Crippen molar-refractivity contribution in [2.45, 2.75) is 19.3 Å². The summed E-state index contributed by atoms with van der Waals surface area (Å²) in [6.45, 7) is 2.90. The van der Waals surface area contributed by atoms with Crippen molar-refractivity contribution in [2.75, 3.05) is 0 Å². The molecule has 0 spiro atoms. The lowest BCUT2D eigenvalue weighted by Crippen LogP contribution is -2.09. The molecular weight excluding hydrogens is 162 g/mol. The first-order valence-electron chi connectivity index (χ1n) is 2.85. The zero-order valence-electron chi connectivity index (χ0n) is 6.25. The van der Waals surface area contributed by atoms with Gasteiger partial charge < -0.3 is 4.74 Å². The molecule has 0 radical (unpaired) electrons. The van der Waals surface area contributed by atoms with Gasteiger partial charge in [0.1, 0.15) is 5.40 Å². The van der Waals surface area contributed by atoms with Crippen LogP contribution in [-0.2, 0) is 9.53 Å². The zero-order chi connectivity index (χ0) is 8.69. The molecule has 0 N–H and O–H groups in total. The van der Waals surface area contributed by atoms with Crippen LogP contribution >= 0.6 is 11.8 Å². The van der Waals surface area contributed by atoms with E-state index < -0.39 is 11.4 Å². The third kappa shape index (κ3) is 5.32. The van der Waals surface area contributed by atoms with Crippen molar-refractivity contribution in [3.8, 4) is 17.2 Å². The minimum absolute atomic E-state index is 0.430. The third-order valence-corrected chi connectivity index (χ3v) is 1.23. The van der Waals surface area contributed by atoms with E-state index in [0.717, 1.165) is 11.8 Å². The van der Waals surface area contributed by atoms with Crippen molar-refractivity contribution in [3.05, 3.63) is 0 Å². The molecule has 0 aliphatic carbocycles. The second kappa shape index (κ2) is 5.64. The zero-order valence-corrected chi connectivity index (χ0v) is 7.07. The van der Waals surface area contributed by atoms with E-state index in [4.69, 9.17) is 5.26 Å². The number of rotatable bonds is 2. The van der Waals surface area contributed by atoms with Crippen LogP contribution in [0.25, 0.3) is 0 Å². The van der Waals surface area contributed by atoms with E-state index in [1.54, 1.807) is 12.3 Å². The van der Waals surface area contributed by atoms with Gasteiger partial charge in [0.05, 0.1) is 0 Å². The van der Waals surface area contributed by atoms with Gasteiger partial charge in [0.25, 0.3) is 0 Å². The Morgan fingerprint density at radius 1 is 1.73 bits per heavy atom. The lowest BCUT2D eigenvalue weighted by molar-refractivity contribution is -0.140. The van der Waals surface area contributed by atoms with Gasteiger partial charge in [-0.1, -0.05) is 0 Å². The molecule has 0 fully saturated rings. The number of ether oxygens (including phenoxy) is 1. The van der Waals surface area contributed by atoms with Crippen LogP contribution in [0.2, 0.25) is 0 Å². The lowest BCUT2D eigenvalue weighted by Gasteiger charge is -2.03. The first-order chi connectivity index (χ1) is 5.20. The number of carbonyl (C=O) groups is 1. The van der Waals surface area contributed by atoms with Crippen LogP contribution in [0.4, 0.5) is 0 Å². The molecule has 0 heterocycles. The highest BCUT2D eigenvalue weighted by Crippen LogP contribution is 2.09. The van der Waals surface area contributed by atoms with E-state index in [0.29, 0.717) is 0 Å². The smallest absolute Gasteiger partial charge is 0.304 e. The van der Waals surface area contributed by atoms with Crippen molar-refractivity contribution < 1.29 is 9.53 Å². The summed E-state index contributed by atoms with van der Waals surface area (Å²) < 4.78 is 4.66. The molecule has 0 aromatic carbocycles. The molecule has 0 aromatic rings. The number of hydrogen-bond acceptors (Lipinski definition) is 4. The van der Waals surface area contributed by atoms with Gasteiger partial charge in [-0.3, -0.25) is 4.79 Å². The number of nitriles is 1. The quantitative estimate of drug-likeness (QED) is 0.269. The molecular formula is C7H7NO2S. The fraction of sp³-hybridized carbons (Fsp3) is 0.429. The predicted molar refractivity (Wildman–Crippen MR) is 42.2 cm³/mol. The molecule has 0 saturated heterocycles. The maximum Gasteiger partial charge on any atom is 0.304 e. The Labute approximate surface area is 69.7 Å². The Morgan fingerprint density at radius 3 is 2.73 bits per heavy atom. The van der Waals surface area contributed by atoms with Crippen LogP contribution in [0.3, 0.4) is 0 Å². The van der Waals surface area contributed by atoms with Crippen molar-refractivity contribution in [3.63, 3.8) is 0 Å². The number of carbonyl (C=O) groups excluding carboxylic acids is 1. The third-order valence-electron chi connectivity index (χ3n) is 0.695. The normalized spacial score (nSPS) is 10.3.